The van der Waals surface area contributed by atoms with Crippen LogP contribution >= 0.6 is 11.6 Å². The number of ether oxygens (including phenoxy) is 1. The standard InChI is InChI=1S/C13H21ClN4O2/c1-16-7-9(20-4)5-10(16)13(19)17(2)8-12-15-6-11(14)18(12)3/h6,9-10H,5,7-8H2,1-4H3/t9-,10-/m0/s1. The van der Waals surface area contributed by atoms with Crippen molar-refractivity contribution in [2.24, 2.45) is 7.05 Å². The van der Waals surface area contributed by atoms with Gasteiger partial charge in [-0.3, -0.25) is 9.69 Å². The van der Waals surface area contributed by atoms with Gasteiger partial charge >= 0.3 is 0 Å². The maximum absolute atomic E-state index is 12.5. The number of methoxy groups -OCH3 is 1. The van der Waals surface area contributed by atoms with E-state index in [2.05, 4.69) is 4.98 Å². The highest BCUT2D eigenvalue weighted by Gasteiger charge is 2.36. The molecule has 0 saturated carbocycles. The van der Waals surface area contributed by atoms with Gasteiger partial charge in [0.15, 0.2) is 0 Å². The summed E-state index contributed by atoms with van der Waals surface area (Å²) in [5.41, 5.74) is 0. The highest BCUT2D eigenvalue weighted by atomic mass is 35.5. The molecule has 0 bridgehead atoms. The van der Waals surface area contributed by atoms with Crippen molar-refractivity contribution < 1.29 is 9.53 Å². The number of hydrogen-bond donors (Lipinski definition) is 0. The Morgan fingerprint density at radius 3 is 2.80 bits per heavy atom. The summed E-state index contributed by atoms with van der Waals surface area (Å²) in [6.07, 6.45) is 2.46. The first kappa shape index (κ1) is 15.3. The third-order valence-corrected chi connectivity index (χ3v) is 4.26. The number of likely N-dealkylation sites (N-methyl/N-ethyl adjacent to an activating group) is 2. The van der Waals surface area contributed by atoms with Crippen molar-refractivity contribution in [1.29, 1.82) is 0 Å². The first-order valence-electron chi connectivity index (χ1n) is 6.58. The third kappa shape index (κ3) is 2.97. The molecule has 1 amide bonds. The number of carbonyl (C=O) groups excluding carboxylic acids is 1. The van der Waals surface area contributed by atoms with E-state index in [1.807, 2.05) is 19.0 Å². The van der Waals surface area contributed by atoms with Gasteiger partial charge in [0.25, 0.3) is 0 Å². The Bertz CT molecular complexity index is 491. The van der Waals surface area contributed by atoms with E-state index in [9.17, 15) is 4.79 Å². The van der Waals surface area contributed by atoms with Crippen LogP contribution in [0, 0.1) is 0 Å². The van der Waals surface area contributed by atoms with Crippen molar-refractivity contribution in [3.63, 3.8) is 0 Å². The van der Waals surface area contributed by atoms with Gasteiger partial charge in [-0.2, -0.15) is 0 Å². The molecule has 1 saturated heterocycles. The Balaban J connectivity index is 2.00. The minimum absolute atomic E-state index is 0.0890. The molecule has 0 radical (unpaired) electrons. The molecule has 112 valence electrons. The second-order valence-corrected chi connectivity index (χ2v) is 5.69. The van der Waals surface area contributed by atoms with E-state index in [1.165, 1.54) is 0 Å². The van der Waals surface area contributed by atoms with E-state index in [4.69, 9.17) is 16.3 Å². The molecule has 7 heteroatoms. The van der Waals surface area contributed by atoms with Gasteiger partial charge in [0, 0.05) is 27.7 Å². The zero-order valence-electron chi connectivity index (χ0n) is 12.3. The predicted octanol–water partition coefficient (Wildman–Crippen LogP) is 0.751. The molecule has 20 heavy (non-hydrogen) atoms. The molecule has 1 aromatic rings. The SMILES string of the molecule is CO[C@H]1C[C@@H](C(=O)N(C)Cc2ncc(Cl)n2C)N(C)C1. The normalized spacial score (nSPS) is 23.2. The highest BCUT2D eigenvalue weighted by molar-refractivity contribution is 6.29. The molecule has 1 aromatic heterocycles. The number of hydrogen-bond acceptors (Lipinski definition) is 4. The van der Waals surface area contributed by atoms with E-state index in [-0.39, 0.29) is 18.1 Å². The van der Waals surface area contributed by atoms with Crippen LogP contribution in [0.15, 0.2) is 6.20 Å². The van der Waals surface area contributed by atoms with Gasteiger partial charge in [0.05, 0.1) is 24.9 Å². The maximum atomic E-state index is 12.5. The molecular formula is C13H21ClN4O2. The third-order valence-electron chi connectivity index (χ3n) is 3.91. The number of rotatable bonds is 4. The molecule has 1 aliphatic heterocycles. The molecule has 0 spiro atoms. The van der Waals surface area contributed by atoms with Crippen LogP contribution in [0.4, 0.5) is 0 Å². The van der Waals surface area contributed by atoms with Gasteiger partial charge in [-0.05, 0) is 13.5 Å². The fraction of sp³-hybridized carbons (Fsp3) is 0.692. The fourth-order valence-electron chi connectivity index (χ4n) is 2.53. The lowest BCUT2D eigenvalue weighted by Crippen LogP contribution is -2.42. The molecule has 6 nitrogen and oxygen atoms in total. The predicted molar refractivity (Wildman–Crippen MR) is 76.5 cm³/mol. The minimum atomic E-state index is -0.124. The summed E-state index contributed by atoms with van der Waals surface area (Å²) >= 11 is 5.95. The number of likely N-dealkylation sites (tertiary alicyclic amines) is 1. The molecule has 0 unspecified atom stereocenters. The van der Waals surface area contributed by atoms with E-state index in [0.717, 1.165) is 18.8 Å². The van der Waals surface area contributed by atoms with Gasteiger partial charge in [-0.25, -0.2) is 4.98 Å². The number of halogens is 1. The van der Waals surface area contributed by atoms with Crippen LogP contribution < -0.4 is 0 Å². The number of carbonyl (C=O) groups is 1. The summed E-state index contributed by atoms with van der Waals surface area (Å²) in [6.45, 7) is 1.24. The van der Waals surface area contributed by atoms with Gasteiger partial charge < -0.3 is 14.2 Å². The fourth-order valence-corrected chi connectivity index (χ4v) is 2.67. The minimum Gasteiger partial charge on any atom is -0.380 e. The van der Waals surface area contributed by atoms with Crippen molar-refractivity contribution >= 4 is 17.5 Å². The molecule has 2 heterocycles. The van der Waals surface area contributed by atoms with Crippen molar-refractivity contribution in [2.75, 3.05) is 27.7 Å². The van der Waals surface area contributed by atoms with Crippen molar-refractivity contribution in [3.8, 4) is 0 Å². The summed E-state index contributed by atoms with van der Waals surface area (Å²) in [7, 11) is 7.27. The van der Waals surface area contributed by atoms with E-state index in [0.29, 0.717) is 11.7 Å². The average molecular weight is 301 g/mol. The lowest BCUT2D eigenvalue weighted by Gasteiger charge is -2.24. The smallest absolute Gasteiger partial charge is 0.240 e. The number of imidazole rings is 1. The summed E-state index contributed by atoms with van der Waals surface area (Å²) < 4.78 is 7.12. The molecule has 2 atom stereocenters. The first-order valence-corrected chi connectivity index (χ1v) is 6.96. The summed E-state index contributed by atoms with van der Waals surface area (Å²) in [5.74, 6) is 0.862. The topological polar surface area (TPSA) is 50.6 Å². The Hall–Kier alpha value is -1.11. The van der Waals surface area contributed by atoms with Crippen LogP contribution in [0.25, 0.3) is 0 Å². The number of amides is 1. The highest BCUT2D eigenvalue weighted by Crippen LogP contribution is 2.20. The van der Waals surface area contributed by atoms with Crippen LogP contribution in [-0.4, -0.2) is 65.2 Å². The van der Waals surface area contributed by atoms with Crippen molar-refractivity contribution in [3.05, 3.63) is 17.2 Å². The Kier molecular flexibility index (Phi) is 4.67. The van der Waals surface area contributed by atoms with Gasteiger partial charge in [0.1, 0.15) is 11.0 Å². The molecular weight excluding hydrogens is 280 g/mol. The lowest BCUT2D eigenvalue weighted by molar-refractivity contribution is -0.135. The lowest BCUT2D eigenvalue weighted by atomic mass is 10.1. The quantitative estimate of drug-likeness (QED) is 0.823. The van der Waals surface area contributed by atoms with Crippen LogP contribution in [0.5, 0.6) is 0 Å². The monoisotopic (exact) mass is 300 g/mol. The average Bonchev–Trinajstić information content (AvgIpc) is 2.95. The Labute approximate surface area is 124 Å². The van der Waals surface area contributed by atoms with Crippen molar-refractivity contribution in [1.82, 2.24) is 19.4 Å². The molecule has 1 fully saturated rings. The van der Waals surface area contributed by atoms with Crippen LogP contribution in [0.1, 0.15) is 12.2 Å². The molecule has 2 rings (SSSR count). The van der Waals surface area contributed by atoms with E-state index in [1.54, 1.807) is 29.8 Å². The second-order valence-electron chi connectivity index (χ2n) is 5.30. The molecule has 0 aliphatic carbocycles. The number of aromatic nitrogens is 2. The first-order chi connectivity index (χ1) is 9.43. The molecule has 0 aromatic carbocycles. The molecule has 0 N–H and O–H groups in total. The number of nitrogens with zero attached hydrogens (tertiary/aromatic N) is 4. The maximum Gasteiger partial charge on any atom is 0.240 e. The van der Waals surface area contributed by atoms with E-state index < -0.39 is 0 Å². The Morgan fingerprint density at radius 2 is 2.30 bits per heavy atom. The Morgan fingerprint density at radius 1 is 1.60 bits per heavy atom. The summed E-state index contributed by atoms with van der Waals surface area (Å²) in [4.78, 5) is 20.4. The van der Waals surface area contributed by atoms with E-state index >= 15 is 0 Å². The summed E-state index contributed by atoms with van der Waals surface area (Å²) in [5, 5.41) is 0.568. The largest absolute Gasteiger partial charge is 0.380 e. The zero-order chi connectivity index (χ0) is 14.9. The van der Waals surface area contributed by atoms with Crippen molar-refractivity contribution in [2.45, 2.75) is 25.1 Å². The van der Waals surface area contributed by atoms with Gasteiger partial charge in [-0.15, -0.1) is 0 Å². The van der Waals surface area contributed by atoms with Gasteiger partial charge in [-0.1, -0.05) is 11.6 Å². The molecule has 1 aliphatic rings. The van der Waals surface area contributed by atoms with Crippen LogP contribution in [0.2, 0.25) is 5.15 Å². The second kappa shape index (κ2) is 6.11. The van der Waals surface area contributed by atoms with Crippen LogP contribution in [-0.2, 0) is 23.1 Å². The summed E-state index contributed by atoms with van der Waals surface area (Å²) in [6, 6.07) is -0.124. The van der Waals surface area contributed by atoms with Gasteiger partial charge in [0.2, 0.25) is 5.91 Å². The zero-order valence-corrected chi connectivity index (χ0v) is 13.1. The van der Waals surface area contributed by atoms with Crippen LogP contribution in [0.3, 0.4) is 0 Å².